The first-order chi connectivity index (χ1) is 20.9. The molecule has 0 amide bonds. The maximum atomic E-state index is 12.1. The fraction of sp³-hybridized carbons (Fsp3) is 0.455. The van der Waals surface area contributed by atoms with Crippen molar-refractivity contribution < 1.29 is 65.9 Å². The van der Waals surface area contributed by atoms with Crippen molar-refractivity contribution in [2.24, 2.45) is 5.92 Å². The van der Waals surface area contributed by atoms with Crippen molar-refractivity contribution >= 4 is 46.0 Å². The van der Waals surface area contributed by atoms with Gasteiger partial charge in [0.15, 0.2) is 0 Å². The van der Waals surface area contributed by atoms with E-state index >= 15 is 0 Å². The number of hydrogen-bond acceptors (Lipinski definition) is 14. The Morgan fingerprint density at radius 1 is 1.13 bits per heavy atom. The van der Waals surface area contributed by atoms with Crippen LogP contribution in [0, 0.1) is 16.0 Å². The van der Waals surface area contributed by atoms with E-state index in [1.165, 1.54) is 17.0 Å². The first-order valence-corrected chi connectivity index (χ1v) is 17.5. The summed E-state index contributed by atoms with van der Waals surface area (Å²) in [5.74, 6) is -0.0800. The minimum Gasteiger partial charge on any atom is -0.390 e. The number of nitrogen functional groups attached to an aromatic ring is 1. The van der Waals surface area contributed by atoms with Crippen LogP contribution in [-0.2, 0) is 42.9 Å². The third-order valence-corrected chi connectivity index (χ3v) is 10.3. The van der Waals surface area contributed by atoms with Gasteiger partial charge in [-0.1, -0.05) is 26.0 Å². The molecule has 45 heavy (non-hydrogen) atoms. The Labute approximate surface area is 254 Å². The van der Waals surface area contributed by atoms with Crippen molar-refractivity contribution in [3.8, 4) is 0 Å². The number of ether oxygens (including phenoxy) is 2. The first kappa shape index (κ1) is 35.2. The van der Waals surface area contributed by atoms with Gasteiger partial charge in [0.2, 0.25) is 0 Å². The van der Waals surface area contributed by atoms with Crippen LogP contribution in [0.1, 0.15) is 43.7 Å². The van der Waals surface area contributed by atoms with Gasteiger partial charge >= 0.3 is 23.5 Å². The summed E-state index contributed by atoms with van der Waals surface area (Å²) in [6.07, 6.45) is -1.54. The highest BCUT2D eigenvalue weighted by Crippen LogP contribution is 2.66. The van der Waals surface area contributed by atoms with Crippen LogP contribution in [0.4, 0.5) is 11.5 Å². The van der Waals surface area contributed by atoms with Crippen LogP contribution in [0.15, 0.2) is 36.8 Å². The van der Waals surface area contributed by atoms with Crippen molar-refractivity contribution in [3.05, 3.63) is 58.0 Å². The maximum Gasteiger partial charge on any atom is 0.490 e. The van der Waals surface area contributed by atoms with Gasteiger partial charge in [-0.3, -0.25) is 14.6 Å². The fourth-order valence-corrected chi connectivity index (χ4v) is 7.77. The Balaban J connectivity index is 1.52. The zero-order valence-electron chi connectivity index (χ0n) is 23.5. The molecule has 0 saturated carbocycles. The molecular formula is C22H30N5O15P3. The van der Waals surface area contributed by atoms with Crippen molar-refractivity contribution in [2.75, 3.05) is 12.3 Å². The predicted octanol–water partition coefficient (Wildman–Crippen LogP) is 2.83. The molecule has 3 unspecified atom stereocenters. The summed E-state index contributed by atoms with van der Waals surface area (Å²) in [6, 6.07) is 6.22. The van der Waals surface area contributed by atoms with Crippen molar-refractivity contribution in [1.82, 2.24) is 14.5 Å². The Kier molecular flexibility index (Phi) is 10.6. The Morgan fingerprint density at radius 3 is 2.47 bits per heavy atom. The van der Waals surface area contributed by atoms with Crippen LogP contribution in [0.25, 0.3) is 11.0 Å². The van der Waals surface area contributed by atoms with E-state index in [-0.39, 0.29) is 36.1 Å². The second kappa shape index (κ2) is 13.6. The molecule has 1 aromatic carbocycles. The molecule has 0 bridgehead atoms. The number of anilines is 1. The number of para-hydroxylation sites is 1. The molecule has 248 valence electrons. The number of benzene rings is 1. The summed E-state index contributed by atoms with van der Waals surface area (Å²) < 4.78 is 59.9. The molecule has 0 radical (unpaired) electrons. The van der Waals surface area contributed by atoms with Gasteiger partial charge in [-0.05, 0) is 12.0 Å². The van der Waals surface area contributed by atoms with Gasteiger partial charge in [0.1, 0.15) is 30.1 Å². The van der Waals surface area contributed by atoms with Crippen molar-refractivity contribution in [2.45, 2.75) is 51.4 Å². The molecular weight excluding hydrogens is 667 g/mol. The number of phosphoric ester groups is 1. The average molecular weight is 697 g/mol. The quantitative estimate of drug-likeness (QED) is 0.0801. The summed E-state index contributed by atoms with van der Waals surface area (Å²) in [4.78, 5) is 55.8. The van der Waals surface area contributed by atoms with Crippen LogP contribution in [-0.4, -0.2) is 63.0 Å². The van der Waals surface area contributed by atoms with E-state index in [1.54, 1.807) is 24.4 Å². The average Bonchev–Trinajstić information content (AvgIpc) is 3.46. The van der Waals surface area contributed by atoms with E-state index < -0.39 is 59.5 Å². The monoisotopic (exact) mass is 697 g/mol. The van der Waals surface area contributed by atoms with E-state index in [2.05, 4.69) is 23.1 Å². The molecule has 1 saturated heterocycles. The van der Waals surface area contributed by atoms with Crippen molar-refractivity contribution in [3.63, 3.8) is 0 Å². The molecule has 3 aromatic rings. The topological polar surface area (TPSA) is 298 Å². The molecule has 7 N–H and O–H groups in total. The molecule has 3 heterocycles. The smallest absolute Gasteiger partial charge is 0.390 e. The highest BCUT2D eigenvalue weighted by atomic mass is 31.3. The molecule has 6 atom stereocenters. The van der Waals surface area contributed by atoms with Crippen LogP contribution in [0.2, 0.25) is 0 Å². The largest absolute Gasteiger partial charge is 0.490 e. The number of rotatable bonds is 14. The molecule has 4 rings (SSSR count). The van der Waals surface area contributed by atoms with E-state index in [0.29, 0.717) is 16.5 Å². The van der Waals surface area contributed by atoms with Crippen LogP contribution >= 0.6 is 23.5 Å². The molecule has 20 nitrogen and oxygen atoms in total. The van der Waals surface area contributed by atoms with Gasteiger partial charge in [0.05, 0.1) is 41.3 Å². The van der Waals surface area contributed by atoms with Crippen LogP contribution in [0.5, 0.6) is 0 Å². The number of nitrogens with zero attached hydrogens (tertiary/aromatic N) is 4. The second-order valence-electron chi connectivity index (χ2n) is 10.1. The highest BCUT2D eigenvalue weighted by Gasteiger charge is 2.43. The number of aromatic nitrogens is 3. The van der Waals surface area contributed by atoms with E-state index in [4.69, 9.17) is 25.0 Å². The van der Waals surface area contributed by atoms with Crippen LogP contribution < -0.4 is 5.73 Å². The molecule has 23 heteroatoms. The molecule has 1 aliphatic rings. The number of nitro benzene ring substituents is 1. The molecule has 2 aromatic heterocycles. The van der Waals surface area contributed by atoms with Crippen LogP contribution in [0.3, 0.4) is 0 Å². The Bertz CT molecular complexity index is 1700. The van der Waals surface area contributed by atoms with E-state index in [0.717, 1.165) is 0 Å². The number of aliphatic hydroxyl groups is 1. The normalized spacial score (nSPS) is 22.4. The number of aliphatic hydroxyl groups excluding tert-OH is 1. The lowest BCUT2D eigenvalue weighted by molar-refractivity contribution is -0.386. The van der Waals surface area contributed by atoms with Gasteiger partial charge in [-0.25, -0.2) is 23.7 Å². The Hall–Kier alpha value is -2.67. The summed E-state index contributed by atoms with van der Waals surface area (Å²) in [5.41, 5.74) is 7.20. The third-order valence-electron chi connectivity index (χ3n) is 6.51. The summed E-state index contributed by atoms with van der Waals surface area (Å²) in [5, 5.41) is 22.6. The second-order valence-corrected chi connectivity index (χ2v) is 14.5. The lowest BCUT2D eigenvalue weighted by Gasteiger charge is -2.22. The van der Waals surface area contributed by atoms with E-state index in [9.17, 15) is 38.7 Å². The Morgan fingerprint density at radius 2 is 1.82 bits per heavy atom. The van der Waals surface area contributed by atoms with Gasteiger partial charge in [-0.15, -0.1) is 0 Å². The van der Waals surface area contributed by atoms with E-state index in [1.807, 2.05) is 13.8 Å². The summed E-state index contributed by atoms with van der Waals surface area (Å²) in [6.45, 7) is 2.75. The lowest BCUT2D eigenvalue weighted by Crippen LogP contribution is -2.26. The molecule has 0 spiro atoms. The summed E-state index contributed by atoms with van der Waals surface area (Å²) in [7, 11) is -16.8. The first-order valence-electron chi connectivity index (χ1n) is 12.9. The van der Waals surface area contributed by atoms with Gasteiger partial charge < -0.3 is 44.5 Å². The molecule has 1 aliphatic heterocycles. The highest BCUT2D eigenvalue weighted by molar-refractivity contribution is 7.66. The summed E-state index contributed by atoms with van der Waals surface area (Å²) >= 11 is 0. The fourth-order valence-electron chi connectivity index (χ4n) is 4.74. The van der Waals surface area contributed by atoms with Gasteiger partial charge in [-0.2, -0.15) is 8.62 Å². The third kappa shape index (κ3) is 8.78. The number of nitro groups is 1. The zero-order valence-corrected chi connectivity index (χ0v) is 26.2. The lowest BCUT2D eigenvalue weighted by atomic mass is 9.97. The predicted molar refractivity (Wildman–Crippen MR) is 152 cm³/mol. The molecule has 0 aliphatic carbocycles. The zero-order chi connectivity index (χ0) is 33.3. The van der Waals surface area contributed by atoms with Crippen molar-refractivity contribution in [1.29, 1.82) is 0 Å². The number of phosphoric acid groups is 3. The van der Waals surface area contributed by atoms with Gasteiger partial charge in [0, 0.05) is 24.2 Å². The van der Waals surface area contributed by atoms with Gasteiger partial charge in [0.25, 0.3) is 5.69 Å². The SMILES string of the molecule is CC(C)[C@@H](OCc1cn([C@H]2CC(O)[C@@H](COP(=O)(O)OP(=O)(O)OP(=O)(O)O)O2)c2ncnc(N)c12)c1ccccc1[N+](=O)[O-]. The standard InChI is InChI=1S/C22H30N5O15P3/c1-12(2)20(14-5-3-4-6-15(14)27(29)30)38-9-13-8-26(22-19(13)21(23)24-11-25-22)18-7-16(28)17(40-18)10-39-44(34,35)42-45(36,37)41-43(31,32)33/h3-6,8,11-12,16-18,20,28H,7,9-10H2,1-2H3,(H,34,35)(H,36,37)(H2,23,24,25)(H2,31,32,33)/t16?,17-,18-,20-/m1/s1. The number of hydrogen-bond donors (Lipinski definition) is 6. The molecule has 1 fully saturated rings. The maximum absolute atomic E-state index is 12.1. The minimum atomic E-state index is -5.73. The number of fused-ring (bicyclic) bond motifs is 1. The number of nitrogens with two attached hydrogens (primary N) is 1. The minimum absolute atomic E-state index is 0.0826.